The topological polar surface area (TPSA) is 72.2 Å². The Balaban J connectivity index is 2.31. The van der Waals surface area contributed by atoms with Gasteiger partial charge in [-0.25, -0.2) is 9.78 Å². The summed E-state index contributed by atoms with van der Waals surface area (Å²) in [5, 5.41) is 9.58. The van der Waals surface area contributed by atoms with Gasteiger partial charge in [-0.3, -0.25) is 9.36 Å². The Bertz CT molecular complexity index is 963. The number of benzene rings is 2. The number of hydrogen-bond acceptors (Lipinski definition) is 3. The minimum atomic E-state index is -1.04. The van der Waals surface area contributed by atoms with Crippen LogP contribution >= 0.6 is 15.9 Å². The number of carbonyl (C=O) groups is 1. The highest BCUT2D eigenvalue weighted by molar-refractivity contribution is 9.10. The Morgan fingerprint density at radius 3 is 2.73 bits per heavy atom. The molecule has 3 rings (SSSR count). The molecule has 5 nitrogen and oxygen atoms in total. The largest absolute Gasteiger partial charge is 0.478 e. The Morgan fingerprint density at radius 2 is 2.00 bits per heavy atom. The number of carboxylic acid groups (broad SMARTS) is 1. The number of aromatic carboxylic acids is 1. The summed E-state index contributed by atoms with van der Waals surface area (Å²) in [4.78, 5) is 28.1. The first-order valence-electron chi connectivity index (χ1n) is 6.48. The molecule has 0 radical (unpaired) electrons. The summed E-state index contributed by atoms with van der Waals surface area (Å²) in [6.07, 6.45) is 1.42. The summed E-state index contributed by atoms with van der Waals surface area (Å²) < 4.78 is 2.16. The van der Waals surface area contributed by atoms with Crippen LogP contribution in [0.1, 0.15) is 15.9 Å². The number of halogens is 1. The molecule has 110 valence electrons. The Hall–Kier alpha value is -2.47. The lowest BCUT2D eigenvalue weighted by molar-refractivity contribution is 0.0697. The molecule has 0 saturated carbocycles. The third-order valence-electron chi connectivity index (χ3n) is 3.44. The van der Waals surface area contributed by atoms with E-state index in [9.17, 15) is 9.59 Å². The van der Waals surface area contributed by atoms with Crippen LogP contribution in [-0.2, 0) is 0 Å². The van der Waals surface area contributed by atoms with Crippen LogP contribution in [0.5, 0.6) is 0 Å². The van der Waals surface area contributed by atoms with Gasteiger partial charge >= 0.3 is 5.97 Å². The first-order chi connectivity index (χ1) is 10.5. The molecular formula is C16H11BrN2O3. The molecule has 0 aliphatic rings. The molecule has 22 heavy (non-hydrogen) atoms. The lowest BCUT2D eigenvalue weighted by atomic mass is 10.1. The molecule has 0 bridgehead atoms. The standard InChI is InChI=1S/C16H11BrN2O3/c1-9-2-3-10(16(21)22)6-14(9)19-8-18-13-5-4-11(17)7-12(13)15(19)20/h2-8H,1H3,(H,21,22). The van der Waals surface area contributed by atoms with E-state index in [0.29, 0.717) is 16.6 Å². The first-order valence-corrected chi connectivity index (χ1v) is 7.28. The summed E-state index contributed by atoms with van der Waals surface area (Å²) in [5.74, 6) is -1.04. The van der Waals surface area contributed by atoms with Gasteiger partial charge in [-0.05, 0) is 42.8 Å². The monoisotopic (exact) mass is 358 g/mol. The number of aryl methyl sites for hydroxylation is 1. The molecule has 0 spiro atoms. The van der Waals surface area contributed by atoms with E-state index in [1.54, 1.807) is 18.2 Å². The van der Waals surface area contributed by atoms with E-state index in [0.717, 1.165) is 10.0 Å². The van der Waals surface area contributed by atoms with E-state index in [2.05, 4.69) is 20.9 Å². The zero-order chi connectivity index (χ0) is 15.9. The van der Waals surface area contributed by atoms with Gasteiger partial charge in [-0.15, -0.1) is 0 Å². The second kappa shape index (κ2) is 5.38. The summed E-state index contributed by atoms with van der Waals surface area (Å²) in [5.41, 5.74) is 1.79. The third-order valence-corrected chi connectivity index (χ3v) is 3.93. The lowest BCUT2D eigenvalue weighted by Gasteiger charge is -2.10. The van der Waals surface area contributed by atoms with Crippen molar-refractivity contribution in [3.8, 4) is 5.69 Å². The molecule has 3 aromatic rings. The Labute approximate surface area is 134 Å². The zero-order valence-electron chi connectivity index (χ0n) is 11.6. The van der Waals surface area contributed by atoms with Crippen LogP contribution in [0.15, 0.2) is 52.0 Å². The number of fused-ring (bicyclic) bond motifs is 1. The van der Waals surface area contributed by atoms with Crippen molar-refractivity contribution < 1.29 is 9.90 Å². The Morgan fingerprint density at radius 1 is 1.23 bits per heavy atom. The van der Waals surface area contributed by atoms with Gasteiger partial charge < -0.3 is 5.11 Å². The molecular weight excluding hydrogens is 348 g/mol. The van der Waals surface area contributed by atoms with E-state index in [1.165, 1.54) is 23.0 Å². The number of nitrogens with zero attached hydrogens (tertiary/aromatic N) is 2. The van der Waals surface area contributed by atoms with Gasteiger partial charge in [0, 0.05) is 4.47 Å². The minimum absolute atomic E-state index is 0.127. The molecule has 1 heterocycles. The van der Waals surface area contributed by atoms with Gasteiger partial charge in [0.25, 0.3) is 5.56 Å². The zero-order valence-corrected chi connectivity index (χ0v) is 13.2. The van der Waals surface area contributed by atoms with E-state index in [1.807, 2.05) is 13.0 Å². The summed E-state index contributed by atoms with van der Waals surface area (Å²) in [6.45, 7) is 1.82. The van der Waals surface area contributed by atoms with Crippen molar-refractivity contribution in [1.29, 1.82) is 0 Å². The van der Waals surface area contributed by atoms with Crippen LogP contribution in [0.3, 0.4) is 0 Å². The molecule has 2 aromatic carbocycles. The minimum Gasteiger partial charge on any atom is -0.478 e. The molecule has 0 unspecified atom stereocenters. The van der Waals surface area contributed by atoms with Crippen LogP contribution in [0.2, 0.25) is 0 Å². The molecule has 0 fully saturated rings. The smallest absolute Gasteiger partial charge is 0.335 e. The van der Waals surface area contributed by atoms with E-state index in [-0.39, 0.29) is 11.1 Å². The second-order valence-corrected chi connectivity index (χ2v) is 5.80. The number of hydrogen-bond donors (Lipinski definition) is 1. The van der Waals surface area contributed by atoms with Crippen LogP contribution < -0.4 is 5.56 Å². The molecule has 0 saturated heterocycles. The van der Waals surface area contributed by atoms with E-state index < -0.39 is 5.97 Å². The van der Waals surface area contributed by atoms with Gasteiger partial charge in [0.1, 0.15) is 6.33 Å². The average molecular weight is 359 g/mol. The fourth-order valence-corrected chi connectivity index (χ4v) is 2.63. The molecule has 0 aliphatic carbocycles. The molecule has 0 atom stereocenters. The second-order valence-electron chi connectivity index (χ2n) is 4.89. The van der Waals surface area contributed by atoms with Crippen molar-refractivity contribution >= 4 is 32.8 Å². The molecule has 1 aromatic heterocycles. The molecule has 1 N–H and O–H groups in total. The van der Waals surface area contributed by atoms with Crippen molar-refractivity contribution in [2.45, 2.75) is 6.92 Å². The summed E-state index contributed by atoms with van der Waals surface area (Å²) in [6, 6.07) is 9.94. The van der Waals surface area contributed by atoms with Crippen molar-refractivity contribution in [3.05, 3.63) is 68.7 Å². The van der Waals surface area contributed by atoms with Crippen LogP contribution in [0, 0.1) is 6.92 Å². The van der Waals surface area contributed by atoms with Crippen molar-refractivity contribution in [1.82, 2.24) is 9.55 Å². The summed E-state index contributed by atoms with van der Waals surface area (Å²) in [7, 11) is 0. The predicted molar refractivity (Wildman–Crippen MR) is 86.7 cm³/mol. The van der Waals surface area contributed by atoms with Gasteiger partial charge in [-0.2, -0.15) is 0 Å². The molecule has 0 amide bonds. The number of carboxylic acids is 1. The van der Waals surface area contributed by atoms with Gasteiger partial charge in [0.2, 0.25) is 0 Å². The maximum absolute atomic E-state index is 12.7. The fourth-order valence-electron chi connectivity index (χ4n) is 2.27. The highest BCUT2D eigenvalue weighted by Gasteiger charge is 2.11. The average Bonchev–Trinajstić information content (AvgIpc) is 2.49. The van der Waals surface area contributed by atoms with Gasteiger partial charge in [-0.1, -0.05) is 22.0 Å². The fraction of sp³-hybridized carbons (Fsp3) is 0.0625. The van der Waals surface area contributed by atoms with Crippen LogP contribution in [0.4, 0.5) is 0 Å². The lowest BCUT2D eigenvalue weighted by Crippen LogP contribution is -2.20. The van der Waals surface area contributed by atoms with Crippen molar-refractivity contribution in [3.63, 3.8) is 0 Å². The highest BCUT2D eigenvalue weighted by Crippen LogP contribution is 2.18. The van der Waals surface area contributed by atoms with Gasteiger partial charge in [0.15, 0.2) is 0 Å². The highest BCUT2D eigenvalue weighted by atomic mass is 79.9. The molecule has 0 aliphatic heterocycles. The number of aromatic nitrogens is 2. The number of rotatable bonds is 2. The van der Waals surface area contributed by atoms with Crippen LogP contribution in [0.25, 0.3) is 16.6 Å². The Kier molecular flexibility index (Phi) is 3.54. The third kappa shape index (κ3) is 2.42. The maximum Gasteiger partial charge on any atom is 0.335 e. The normalized spacial score (nSPS) is 10.8. The quantitative estimate of drug-likeness (QED) is 0.763. The van der Waals surface area contributed by atoms with Crippen molar-refractivity contribution in [2.75, 3.05) is 0 Å². The summed E-state index contributed by atoms with van der Waals surface area (Å²) >= 11 is 3.34. The van der Waals surface area contributed by atoms with Gasteiger partial charge in [0.05, 0.1) is 22.2 Å². The maximum atomic E-state index is 12.7. The molecule has 6 heteroatoms. The van der Waals surface area contributed by atoms with E-state index in [4.69, 9.17) is 5.11 Å². The first kappa shape index (κ1) is 14.5. The predicted octanol–water partition coefficient (Wildman–Crippen LogP) is 3.15. The van der Waals surface area contributed by atoms with E-state index >= 15 is 0 Å². The van der Waals surface area contributed by atoms with Crippen LogP contribution in [-0.4, -0.2) is 20.6 Å². The SMILES string of the molecule is Cc1ccc(C(=O)O)cc1-n1cnc2ccc(Br)cc2c1=O. The van der Waals surface area contributed by atoms with Crippen molar-refractivity contribution in [2.24, 2.45) is 0 Å².